The van der Waals surface area contributed by atoms with Crippen LogP contribution >= 0.6 is 0 Å². The number of carbonyl (C=O) groups is 1. The Morgan fingerprint density at radius 1 is 1.69 bits per heavy atom. The molecule has 0 radical (unpaired) electrons. The topological polar surface area (TPSA) is 41.1 Å². The molecule has 1 amide bonds. The fraction of sp³-hybridized carbons (Fsp3) is 0.700. The Bertz CT molecular complexity index is 221. The monoisotopic (exact) mass is 180 g/mol. The number of amides is 1. The van der Waals surface area contributed by atoms with Gasteiger partial charge < -0.3 is 10.6 Å². The molecule has 1 aliphatic heterocycles. The van der Waals surface area contributed by atoms with E-state index in [0.717, 1.165) is 19.5 Å². The molecule has 3 heteroatoms. The lowest BCUT2D eigenvalue weighted by atomic mass is 10.1. The van der Waals surface area contributed by atoms with Gasteiger partial charge in [0, 0.05) is 12.6 Å². The van der Waals surface area contributed by atoms with E-state index in [4.69, 9.17) is 0 Å². The van der Waals surface area contributed by atoms with Crippen molar-refractivity contribution in [1.82, 2.24) is 10.6 Å². The van der Waals surface area contributed by atoms with E-state index in [0.29, 0.717) is 6.04 Å². The van der Waals surface area contributed by atoms with Crippen LogP contribution in [0.15, 0.2) is 0 Å². The zero-order chi connectivity index (χ0) is 9.52. The van der Waals surface area contributed by atoms with Crippen LogP contribution in [0.2, 0.25) is 0 Å². The lowest BCUT2D eigenvalue weighted by molar-refractivity contribution is -0.115. The third-order valence-electron chi connectivity index (χ3n) is 2.18. The van der Waals surface area contributed by atoms with Crippen LogP contribution in [-0.4, -0.2) is 25.0 Å². The van der Waals surface area contributed by atoms with E-state index in [2.05, 4.69) is 22.5 Å². The van der Waals surface area contributed by atoms with E-state index in [1.165, 1.54) is 12.8 Å². The summed E-state index contributed by atoms with van der Waals surface area (Å²) in [5.41, 5.74) is 0. The maximum absolute atomic E-state index is 10.9. The predicted octanol–water partition coefficient (Wildman–Crippen LogP) is 0.268. The molecule has 72 valence electrons. The molecule has 0 aromatic rings. The van der Waals surface area contributed by atoms with Gasteiger partial charge in [-0.3, -0.25) is 4.79 Å². The van der Waals surface area contributed by atoms with Crippen molar-refractivity contribution in [1.29, 1.82) is 0 Å². The summed E-state index contributed by atoms with van der Waals surface area (Å²) < 4.78 is 0. The van der Waals surface area contributed by atoms with Crippen molar-refractivity contribution >= 4 is 5.91 Å². The van der Waals surface area contributed by atoms with Gasteiger partial charge in [-0.25, -0.2) is 0 Å². The average molecular weight is 180 g/mol. The standard InChI is InChI=1S/C10H16N2O/c1-2-4-10(13)12-8-6-9-5-3-7-11-9/h9,11H,3,5-8H2,1H3,(H,12,13). The van der Waals surface area contributed by atoms with Crippen molar-refractivity contribution in [3.63, 3.8) is 0 Å². The molecule has 0 aromatic heterocycles. The van der Waals surface area contributed by atoms with E-state index >= 15 is 0 Å². The molecule has 0 aliphatic carbocycles. The Hall–Kier alpha value is -1.01. The van der Waals surface area contributed by atoms with Crippen molar-refractivity contribution in [3.8, 4) is 11.8 Å². The molecule has 0 saturated carbocycles. The van der Waals surface area contributed by atoms with Crippen LogP contribution in [0.5, 0.6) is 0 Å². The van der Waals surface area contributed by atoms with E-state index in [-0.39, 0.29) is 5.91 Å². The molecule has 1 rings (SSSR count). The van der Waals surface area contributed by atoms with Gasteiger partial charge in [-0.05, 0) is 38.7 Å². The van der Waals surface area contributed by atoms with E-state index in [9.17, 15) is 4.79 Å². The zero-order valence-electron chi connectivity index (χ0n) is 8.02. The molecule has 13 heavy (non-hydrogen) atoms. The van der Waals surface area contributed by atoms with Crippen LogP contribution in [0.3, 0.4) is 0 Å². The van der Waals surface area contributed by atoms with Gasteiger partial charge in [-0.15, -0.1) is 0 Å². The van der Waals surface area contributed by atoms with Gasteiger partial charge in [-0.1, -0.05) is 5.92 Å². The summed E-state index contributed by atoms with van der Waals surface area (Å²) in [6, 6.07) is 0.592. The van der Waals surface area contributed by atoms with Crippen LogP contribution in [0.25, 0.3) is 0 Å². The largest absolute Gasteiger partial charge is 0.345 e. The molecule has 0 aromatic carbocycles. The highest BCUT2D eigenvalue weighted by molar-refractivity contribution is 5.93. The van der Waals surface area contributed by atoms with Gasteiger partial charge in [0.25, 0.3) is 5.91 Å². The summed E-state index contributed by atoms with van der Waals surface area (Å²) in [4.78, 5) is 10.9. The minimum atomic E-state index is -0.166. The van der Waals surface area contributed by atoms with Gasteiger partial charge in [0.1, 0.15) is 0 Å². The second-order valence-electron chi connectivity index (χ2n) is 3.21. The third kappa shape index (κ3) is 3.95. The molecular formula is C10H16N2O. The molecule has 3 nitrogen and oxygen atoms in total. The Morgan fingerprint density at radius 2 is 2.54 bits per heavy atom. The van der Waals surface area contributed by atoms with Gasteiger partial charge >= 0.3 is 0 Å². The fourth-order valence-electron chi connectivity index (χ4n) is 1.52. The summed E-state index contributed by atoms with van der Waals surface area (Å²) in [6.45, 7) is 3.51. The van der Waals surface area contributed by atoms with E-state index in [1.807, 2.05) is 0 Å². The van der Waals surface area contributed by atoms with Crippen LogP contribution in [-0.2, 0) is 4.79 Å². The molecule has 1 saturated heterocycles. The predicted molar refractivity (Wildman–Crippen MR) is 52.1 cm³/mol. The molecule has 0 bridgehead atoms. The summed E-state index contributed by atoms with van der Waals surface area (Å²) in [6.07, 6.45) is 3.50. The Kier molecular flexibility index (Phi) is 4.34. The minimum absolute atomic E-state index is 0.166. The zero-order valence-corrected chi connectivity index (χ0v) is 8.02. The lowest BCUT2D eigenvalue weighted by Gasteiger charge is -2.08. The van der Waals surface area contributed by atoms with Crippen molar-refractivity contribution in [2.24, 2.45) is 0 Å². The average Bonchev–Trinajstić information content (AvgIpc) is 2.57. The molecule has 1 heterocycles. The van der Waals surface area contributed by atoms with Crippen LogP contribution < -0.4 is 10.6 Å². The van der Waals surface area contributed by atoms with Crippen molar-refractivity contribution in [2.45, 2.75) is 32.2 Å². The van der Waals surface area contributed by atoms with Gasteiger partial charge in [0.15, 0.2) is 0 Å². The Balaban J connectivity index is 2.05. The smallest absolute Gasteiger partial charge is 0.295 e. The number of nitrogens with one attached hydrogen (secondary N) is 2. The summed E-state index contributed by atoms with van der Waals surface area (Å²) in [5.74, 6) is 4.85. The molecule has 1 atom stereocenters. The Morgan fingerprint density at radius 3 is 3.15 bits per heavy atom. The van der Waals surface area contributed by atoms with Gasteiger partial charge in [0.05, 0.1) is 0 Å². The molecular weight excluding hydrogens is 164 g/mol. The normalized spacial score (nSPS) is 20.5. The number of rotatable bonds is 3. The highest BCUT2D eigenvalue weighted by Gasteiger charge is 2.12. The first kappa shape index (κ1) is 10.1. The summed E-state index contributed by atoms with van der Waals surface area (Å²) in [5, 5.41) is 6.13. The fourth-order valence-corrected chi connectivity index (χ4v) is 1.52. The van der Waals surface area contributed by atoms with E-state index in [1.54, 1.807) is 6.92 Å². The first-order chi connectivity index (χ1) is 6.33. The molecule has 1 unspecified atom stereocenters. The molecule has 0 spiro atoms. The van der Waals surface area contributed by atoms with Gasteiger partial charge in [-0.2, -0.15) is 0 Å². The maximum Gasteiger partial charge on any atom is 0.295 e. The molecule has 2 N–H and O–H groups in total. The quantitative estimate of drug-likeness (QED) is 0.612. The van der Waals surface area contributed by atoms with Crippen LogP contribution in [0.4, 0.5) is 0 Å². The molecule has 1 fully saturated rings. The van der Waals surface area contributed by atoms with Crippen molar-refractivity contribution < 1.29 is 4.79 Å². The number of hydrogen-bond donors (Lipinski definition) is 2. The van der Waals surface area contributed by atoms with E-state index < -0.39 is 0 Å². The first-order valence-corrected chi connectivity index (χ1v) is 4.77. The highest BCUT2D eigenvalue weighted by Crippen LogP contribution is 2.07. The number of carbonyl (C=O) groups excluding carboxylic acids is 1. The summed E-state index contributed by atoms with van der Waals surface area (Å²) in [7, 11) is 0. The third-order valence-corrected chi connectivity index (χ3v) is 2.18. The molecule has 1 aliphatic rings. The van der Waals surface area contributed by atoms with Crippen LogP contribution in [0, 0.1) is 11.8 Å². The number of hydrogen-bond acceptors (Lipinski definition) is 2. The first-order valence-electron chi connectivity index (χ1n) is 4.77. The van der Waals surface area contributed by atoms with Crippen molar-refractivity contribution in [2.75, 3.05) is 13.1 Å². The highest BCUT2D eigenvalue weighted by atomic mass is 16.1. The summed E-state index contributed by atoms with van der Waals surface area (Å²) >= 11 is 0. The van der Waals surface area contributed by atoms with Crippen LogP contribution in [0.1, 0.15) is 26.2 Å². The lowest BCUT2D eigenvalue weighted by Crippen LogP contribution is -2.29. The van der Waals surface area contributed by atoms with Crippen molar-refractivity contribution in [3.05, 3.63) is 0 Å². The van der Waals surface area contributed by atoms with Gasteiger partial charge in [0.2, 0.25) is 0 Å². The second-order valence-corrected chi connectivity index (χ2v) is 3.21. The minimum Gasteiger partial charge on any atom is -0.345 e. The SMILES string of the molecule is CC#CC(=O)NCCC1CCCN1. The maximum atomic E-state index is 10.9. The Labute approximate surface area is 79.3 Å². The second kappa shape index (κ2) is 5.60.